The highest BCUT2D eigenvalue weighted by molar-refractivity contribution is 9.10. The lowest BCUT2D eigenvalue weighted by Crippen LogP contribution is -2.33. The maximum absolute atomic E-state index is 14.6. The predicted octanol–water partition coefficient (Wildman–Crippen LogP) is 3.57. The number of halogens is 2. The Morgan fingerprint density at radius 1 is 1.26 bits per heavy atom. The molecule has 2 N–H and O–H groups in total. The van der Waals surface area contributed by atoms with Crippen LogP contribution in [-0.2, 0) is 0 Å². The highest BCUT2D eigenvalue weighted by Crippen LogP contribution is 2.37. The first kappa shape index (κ1) is 20.2. The zero-order chi connectivity index (χ0) is 21.5. The summed E-state index contributed by atoms with van der Waals surface area (Å²) in [4.78, 5) is 20.9. The van der Waals surface area contributed by atoms with Crippen molar-refractivity contribution in [2.24, 2.45) is 0 Å². The maximum Gasteiger partial charge on any atom is 0.322 e. The quantitative estimate of drug-likeness (QED) is 0.588. The smallest absolute Gasteiger partial charge is 0.322 e. The molecule has 3 aromatic rings. The van der Waals surface area contributed by atoms with Gasteiger partial charge in [0.25, 0.3) is 0 Å². The molecule has 31 heavy (non-hydrogen) atoms. The molecule has 0 spiro atoms. The number of urea groups is 1. The number of nitrogens with one attached hydrogen (secondary N) is 1. The first-order valence-corrected chi connectivity index (χ1v) is 11.1. The van der Waals surface area contributed by atoms with Gasteiger partial charge in [-0.05, 0) is 37.5 Å². The zero-order valence-corrected chi connectivity index (χ0v) is 18.3. The highest BCUT2D eigenvalue weighted by atomic mass is 79.9. The van der Waals surface area contributed by atoms with Crippen LogP contribution >= 0.6 is 15.9 Å². The van der Waals surface area contributed by atoms with Gasteiger partial charge < -0.3 is 20.2 Å². The number of likely N-dealkylation sites (tertiary alicyclic amines) is 1. The monoisotopic (exact) mass is 488 g/mol. The highest BCUT2D eigenvalue weighted by Gasteiger charge is 2.30. The van der Waals surface area contributed by atoms with E-state index in [2.05, 4.69) is 31.2 Å². The number of hydrogen-bond donors (Lipinski definition) is 2. The number of nitrogens with zero attached hydrogens (tertiary/aromatic N) is 5. The summed E-state index contributed by atoms with van der Waals surface area (Å²) in [6.45, 7) is 1.60. The largest absolute Gasteiger partial charge is 0.391 e. The Kier molecular flexibility index (Phi) is 5.27. The average Bonchev–Trinajstić information content (AvgIpc) is 3.48. The van der Waals surface area contributed by atoms with Crippen molar-refractivity contribution < 1.29 is 14.3 Å². The molecule has 0 unspecified atom stereocenters. The van der Waals surface area contributed by atoms with E-state index in [4.69, 9.17) is 4.98 Å². The molecule has 162 valence electrons. The van der Waals surface area contributed by atoms with Crippen molar-refractivity contribution in [1.82, 2.24) is 19.5 Å². The van der Waals surface area contributed by atoms with Crippen LogP contribution in [0.1, 0.15) is 30.9 Å². The van der Waals surface area contributed by atoms with Gasteiger partial charge in [0.1, 0.15) is 17.3 Å². The van der Waals surface area contributed by atoms with Gasteiger partial charge in [-0.15, -0.1) is 0 Å². The van der Waals surface area contributed by atoms with Crippen LogP contribution in [0.4, 0.5) is 20.7 Å². The first-order valence-electron chi connectivity index (χ1n) is 10.3. The summed E-state index contributed by atoms with van der Waals surface area (Å²) in [6.07, 6.45) is 5.23. The SMILES string of the molecule is O=C(Nc1cnn2ccc(N3CCC[C@@H]3c3ccc(Br)cc3F)nc12)N1CC[C@H](O)C1. The molecule has 5 rings (SSSR count). The van der Waals surface area contributed by atoms with E-state index in [-0.39, 0.29) is 17.9 Å². The minimum atomic E-state index is -0.481. The van der Waals surface area contributed by atoms with Gasteiger partial charge >= 0.3 is 6.03 Å². The van der Waals surface area contributed by atoms with Crippen molar-refractivity contribution in [3.8, 4) is 0 Å². The molecule has 2 aliphatic rings. The van der Waals surface area contributed by atoms with Gasteiger partial charge in [0.05, 0.1) is 18.3 Å². The van der Waals surface area contributed by atoms with Crippen molar-refractivity contribution in [3.05, 3.63) is 52.5 Å². The third kappa shape index (κ3) is 3.85. The molecule has 2 saturated heterocycles. The molecule has 2 fully saturated rings. The lowest BCUT2D eigenvalue weighted by molar-refractivity contribution is 0.176. The minimum absolute atomic E-state index is 0.102. The fourth-order valence-electron chi connectivity index (χ4n) is 4.36. The van der Waals surface area contributed by atoms with E-state index in [0.717, 1.165) is 19.4 Å². The van der Waals surface area contributed by atoms with Crippen molar-refractivity contribution in [2.45, 2.75) is 31.4 Å². The molecule has 0 aliphatic carbocycles. The molecule has 8 nitrogen and oxygen atoms in total. The van der Waals surface area contributed by atoms with Crippen LogP contribution in [0.2, 0.25) is 0 Å². The summed E-state index contributed by atoms with van der Waals surface area (Å²) in [5.74, 6) is 0.474. The van der Waals surface area contributed by atoms with Crippen molar-refractivity contribution in [3.63, 3.8) is 0 Å². The van der Waals surface area contributed by atoms with Crippen LogP contribution in [0.25, 0.3) is 5.65 Å². The van der Waals surface area contributed by atoms with E-state index < -0.39 is 6.10 Å². The van der Waals surface area contributed by atoms with Gasteiger partial charge in [0.15, 0.2) is 5.65 Å². The normalized spacial score (nSPS) is 21.3. The van der Waals surface area contributed by atoms with Crippen LogP contribution in [0.3, 0.4) is 0 Å². The second-order valence-electron chi connectivity index (χ2n) is 7.95. The minimum Gasteiger partial charge on any atom is -0.391 e. The number of aliphatic hydroxyl groups is 1. The number of carbonyl (C=O) groups excluding carboxylic acids is 1. The standard InChI is InChI=1S/C21H22BrFN6O2/c22-13-3-4-15(16(23)10-13)18-2-1-7-28(18)19-6-9-29-20(26-19)17(11-24-29)25-21(31)27-8-5-14(30)12-27/h3-4,6,9-11,14,18,30H,1-2,5,7-8,12H2,(H,25,31)/t14-,18+/m0/s1. The molecule has 2 amide bonds. The van der Waals surface area contributed by atoms with Crippen LogP contribution in [0.15, 0.2) is 41.1 Å². The lowest BCUT2D eigenvalue weighted by Gasteiger charge is -2.26. The number of anilines is 2. The molecule has 0 saturated carbocycles. The summed E-state index contributed by atoms with van der Waals surface area (Å²) in [6, 6.07) is 6.63. The zero-order valence-electron chi connectivity index (χ0n) is 16.7. The molecule has 4 heterocycles. The summed E-state index contributed by atoms with van der Waals surface area (Å²) in [5.41, 5.74) is 1.67. The number of rotatable bonds is 3. The molecular formula is C21H22BrFN6O2. The van der Waals surface area contributed by atoms with Crippen LogP contribution in [0.5, 0.6) is 0 Å². The van der Waals surface area contributed by atoms with Crippen molar-refractivity contribution >= 4 is 39.1 Å². The topological polar surface area (TPSA) is 86.0 Å². The summed E-state index contributed by atoms with van der Waals surface area (Å²) in [5, 5.41) is 16.8. The summed E-state index contributed by atoms with van der Waals surface area (Å²) in [7, 11) is 0. The van der Waals surface area contributed by atoms with Crippen LogP contribution in [0, 0.1) is 5.82 Å². The molecule has 2 aromatic heterocycles. The van der Waals surface area contributed by atoms with Gasteiger partial charge in [0, 0.05) is 35.9 Å². The predicted molar refractivity (Wildman–Crippen MR) is 118 cm³/mol. The molecule has 1 aromatic carbocycles. The van der Waals surface area contributed by atoms with Gasteiger partial charge in [-0.2, -0.15) is 5.10 Å². The number of amides is 2. The number of aromatic nitrogens is 3. The Bertz CT molecular complexity index is 1140. The third-order valence-electron chi connectivity index (χ3n) is 5.92. The lowest BCUT2D eigenvalue weighted by atomic mass is 10.0. The number of β-amino-alcohol motifs (C(OH)–C–C–N with tert-alkyl or cyclic N) is 1. The van der Waals surface area contributed by atoms with Crippen molar-refractivity contribution in [1.29, 1.82) is 0 Å². The van der Waals surface area contributed by atoms with E-state index in [1.165, 1.54) is 6.07 Å². The van der Waals surface area contributed by atoms with Gasteiger partial charge in [-0.3, -0.25) is 0 Å². The van der Waals surface area contributed by atoms with E-state index in [1.807, 2.05) is 18.2 Å². The van der Waals surface area contributed by atoms with E-state index in [1.54, 1.807) is 21.8 Å². The third-order valence-corrected chi connectivity index (χ3v) is 6.41. The van der Waals surface area contributed by atoms with E-state index in [0.29, 0.717) is 46.7 Å². The second-order valence-corrected chi connectivity index (χ2v) is 8.86. The fraction of sp³-hybridized carbons (Fsp3) is 0.381. The number of aliphatic hydroxyl groups excluding tert-OH is 1. The Hall–Kier alpha value is -2.72. The molecule has 0 radical (unpaired) electrons. The van der Waals surface area contributed by atoms with Crippen LogP contribution in [-0.4, -0.2) is 56.4 Å². The molecule has 2 atom stereocenters. The number of carbonyl (C=O) groups is 1. The Labute approximate surface area is 186 Å². The number of benzene rings is 1. The maximum atomic E-state index is 14.6. The first-order chi connectivity index (χ1) is 15.0. The number of fused-ring (bicyclic) bond motifs is 1. The molecule has 10 heteroatoms. The molecular weight excluding hydrogens is 467 g/mol. The van der Waals surface area contributed by atoms with E-state index >= 15 is 0 Å². The summed E-state index contributed by atoms with van der Waals surface area (Å²) < 4.78 is 16.9. The Morgan fingerprint density at radius 2 is 2.13 bits per heavy atom. The fourth-order valence-corrected chi connectivity index (χ4v) is 4.70. The van der Waals surface area contributed by atoms with Crippen LogP contribution < -0.4 is 10.2 Å². The number of hydrogen-bond acceptors (Lipinski definition) is 5. The average molecular weight is 489 g/mol. The molecule has 2 aliphatic heterocycles. The summed E-state index contributed by atoms with van der Waals surface area (Å²) >= 11 is 3.32. The Morgan fingerprint density at radius 3 is 2.90 bits per heavy atom. The van der Waals surface area contributed by atoms with Crippen molar-refractivity contribution in [2.75, 3.05) is 29.9 Å². The van der Waals surface area contributed by atoms with Gasteiger partial charge in [-0.25, -0.2) is 18.7 Å². The van der Waals surface area contributed by atoms with E-state index in [9.17, 15) is 14.3 Å². The second kappa shape index (κ2) is 8.08. The van der Waals surface area contributed by atoms with Gasteiger partial charge in [0.2, 0.25) is 0 Å². The molecule has 0 bridgehead atoms. The van der Waals surface area contributed by atoms with Gasteiger partial charge in [-0.1, -0.05) is 22.0 Å². The Balaban J connectivity index is 1.42.